The van der Waals surface area contributed by atoms with Crippen LogP contribution in [-0.2, 0) is 28.6 Å². The molecule has 0 saturated carbocycles. The van der Waals surface area contributed by atoms with Gasteiger partial charge in [0.15, 0.2) is 6.10 Å². The second-order valence-electron chi connectivity index (χ2n) is 17.4. The van der Waals surface area contributed by atoms with Crippen molar-refractivity contribution < 1.29 is 28.6 Å². The Morgan fingerprint density at radius 1 is 0.317 bits per heavy atom. The molecule has 63 heavy (non-hydrogen) atoms. The van der Waals surface area contributed by atoms with Crippen LogP contribution in [0.4, 0.5) is 0 Å². The molecule has 0 fully saturated rings. The highest BCUT2D eigenvalue weighted by Gasteiger charge is 2.19. The van der Waals surface area contributed by atoms with E-state index in [0.717, 1.165) is 70.6 Å². The third-order valence-corrected chi connectivity index (χ3v) is 11.2. The summed E-state index contributed by atoms with van der Waals surface area (Å²) in [6.45, 7) is 6.53. The van der Waals surface area contributed by atoms with Crippen LogP contribution in [0.15, 0.2) is 72.9 Å². The van der Waals surface area contributed by atoms with Gasteiger partial charge in [-0.15, -0.1) is 0 Å². The van der Waals surface area contributed by atoms with E-state index in [-0.39, 0.29) is 37.5 Å². The Balaban J connectivity index is 4.46. The molecule has 0 aromatic rings. The predicted octanol–water partition coefficient (Wildman–Crippen LogP) is 17.4. The first-order valence-corrected chi connectivity index (χ1v) is 26.4. The third-order valence-electron chi connectivity index (χ3n) is 11.2. The Bertz CT molecular complexity index is 1190. The molecule has 0 rings (SSSR count). The average Bonchev–Trinajstić information content (AvgIpc) is 3.28. The van der Waals surface area contributed by atoms with Gasteiger partial charge in [0, 0.05) is 19.3 Å². The Hall–Kier alpha value is -3.15. The summed E-state index contributed by atoms with van der Waals surface area (Å²) in [5.41, 5.74) is 0. The van der Waals surface area contributed by atoms with E-state index in [0.29, 0.717) is 19.3 Å². The Morgan fingerprint density at radius 3 is 1.03 bits per heavy atom. The fraction of sp³-hybridized carbons (Fsp3) is 0.737. The van der Waals surface area contributed by atoms with Gasteiger partial charge in [0.1, 0.15) is 13.2 Å². The van der Waals surface area contributed by atoms with Crippen LogP contribution in [0.1, 0.15) is 252 Å². The van der Waals surface area contributed by atoms with Gasteiger partial charge in [0.2, 0.25) is 0 Å². The minimum atomic E-state index is -0.805. The molecular formula is C57H98O6. The van der Waals surface area contributed by atoms with Gasteiger partial charge in [-0.3, -0.25) is 14.4 Å². The maximum absolute atomic E-state index is 12.8. The van der Waals surface area contributed by atoms with Crippen LogP contribution in [0.25, 0.3) is 0 Å². The lowest BCUT2D eigenvalue weighted by atomic mass is 10.1. The summed E-state index contributed by atoms with van der Waals surface area (Å²) in [7, 11) is 0. The van der Waals surface area contributed by atoms with E-state index in [9.17, 15) is 14.4 Å². The molecule has 1 atom stereocenters. The van der Waals surface area contributed by atoms with Crippen LogP contribution in [-0.4, -0.2) is 37.2 Å². The van der Waals surface area contributed by atoms with Crippen molar-refractivity contribution in [3.8, 4) is 0 Å². The summed E-state index contributed by atoms with van der Waals surface area (Å²) >= 11 is 0. The van der Waals surface area contributed by atoms with Crippen molar-refractivity contribution in [2.24, 2.45) is 0 Å². The molecule has 0 bridgehead atoms. The lowest BCUT2D eigenvalue weighted by Crippen LogP contribution is -2.30. The molecule has 0 heterocycles. The summed E-state index contributed by atoms with van der Waals surface area (Å²) in [6.07, 6.45) is 64.7. The zero-order chi connectivity index (χ0) is 45.8. The molecule has 0 aromatic carbocycles. The maximum atomic E-state index is 12.8. The van der Waals surface area contributed by atoms with Gasteiger partial charge >= 0.3 is 17.9 Å². The van der Waals surface area contributed by atoms with Gasteiger partial charge in [0.25, 0.3) is 0 Å². The van der Waals surface area contributed by atoms with Crippen LogP contribution in [0.5, 0.6) is 0 Å². The van der Waals surface area contributed by atoms with E-state index < -0.39 is 6.10 Å². The fourth-order valence-corrected chi connectivity index (χ4v) is 7.18. The van der Waals surface area contributed by atoms with Gasteiger partial charge in [-0.25, -0.2) is 0 Å². The van der Waals surface area contributed by atoms with Crippen molar-refractivity contribution in [1.29, 1.82) is 0 Å². The first kappa shape index (κ1) is 59.9. The van der Waals surface area contributed by atoms with Crippen LogP contribution < -0.4 is 0 Å². The molecular weight excluding hydrogens is 781 g/mol. The summed E-state index contributed by atoms with van der Waals surface area (Å²) in [5, 5.41) is 0. The second kappa shape index (κ2) is 51.5. The zero-order valence-corrected chi connectivity index (χ0v) is 41.3. The summed E-state index contributed by atoms with van der Waals surface area (Å²) in [6, 6.07) is 0. The third kappa shape index (κ3) is 49.7. The maximum Gasteiger partial charge on any atom is 0.306 e. The number of carbonyl (C=O) groups excluding carboxylic acids is 3. The van der Waals surface area contributed by atoms with Gasteiger partial charge in [-0.1, -0.05) is 222 Å². The Kier molecular flexibility index (Phi) is 48.9. The molecule has 0 aromatic heterocycles. The minimum absolute atomic E-state index is 0.101. The first-order chi connectivity index (χ1) is 31.0. The summed E-state index contributed by atoms with van der Waals surface area (Å²) in [4.78, 5) is 37.9. The van der Waals surface area contributed by atoms with Crippen molar-refractivity contribution in [3.05, 3.63) is 72.9 Å². The molecule has 0 N–H and O–H groups in total. The lowest BCUT2D eigenvalue weighted by molar-refractivity contribution is -0.166. The number of hydrogen-bond acceptors (Lipinski definition) is 6. The van der Waals surface area contributed by atoms with E-state index >= 15 is 0 Å². The molecule has 0 unspecified atom stereocenters. The number of allylic oxidation sites excluding steroid dienone is 12. The molecule has 0 aliphatic heterocycles. The predicted molar refractivity (Wildman–Crippen MR) is 270 cm³/mol. The van der Waals surface area contributed by atoms with E-state index in [1.165, 1.54) is 135 Å². The average molecular weight is 879 g/mol. The monoisotopic (exact) mass is 879 g/mol. The Morgan fingerprint density at radius 2 is 0.603 bits per heavy atom. The van der Waals surface area contributed by atoms with Gasteiger partial charge in [-0.2, -0.15) is 0 Å². The molecule has 362 valence electrons. The topological polar surface area (TPSA) is 78.9 Å². The standard InChI is InChI=1S/C57H98O6/c1-4-7-10-13-16-19-22-24-26-27-28-29-31-33-36-38-41-44-47-50-56(59)62-53-54(63-57(60)51-48-45-42-39-34-21-18-15-12-9-6-3)52-61-55(58)49-46-43-40-37-35-32-30-25-23-20-17-14-11-8-5-2/h16,19,24-26,28-30,33,36,41,44,54H,4-15,17-18,20-23,27,31-32,34-35,37-40,42-43,45-53H2,1-3H3/b19-16-,26-24-,29-28-,30-25-,36-33-,44-41-/t54-/m0/s1. The Labute approximate surface area is 389 Å². The molecule has 0 radical (unpaired) electrons. The van der Waals surface area contributed by atoms with Crippen molar-refractivity contribution in [2.75, 3.05) is 13.2 Å². The minimum Gasteiger partial charge on any atom is -0.462 e. The number of esters is 3. The lowest BCUT2D eigenvalue weighted by Gasteiger charge is -2.18. The van der Waals surface area contributed by atoms with Crippen molar-refractivity contribution in [1.82, 2.24) is 0 Å². The van der Waals surface area contributed by atoms with Crippen LogP contribution >= 0.6 is 0 Å². The fourth-order valence-electron chi connectivity index (χ4n) is 7.18. The number of ether oxygens (including phenoxy) is 3. The largest absolute Gasteiger partial charge is 0.462 e. The zero-order valence-electron chi connectivity index (χ0n) is 41.3. The van der Waals surface area contributed by atoms with E-state index in [4.69, 9.17) is 14.2 Å². The highest BCUT2D eigenvalue weighted by molar-refractivity contribution is 5.71. The highest BCUT2D eigenvalue weighted by atomic mass is 16.6. The van der Waals surface area contributed by atoms with Gasteiger partial charge < -0.3 is 14.2 Å². The van der Waals surface area contributed by atoms with Crippen molar-refractivity contribution in [3.63, 3.8) is 0 Å². The highest BCUT2D eigenvalue weighted by Crippen LogP contribution is 2.14. The van der Waals surface area contributed by atoms with E-state index in [1.54, 1.807) is 0 Å². The number of hydrogen-bond donors (Lipinski definition) is 0. The normalized spacial score (nSPS) is 12.6. The molecule has 0 aliphatic rings. The molecule has 6 nitrogen and oxygen atoms in total. The number of carbonyl (C=O) groups is 3. The molecule has 0 aliphatic carbocycles. The summed E-state index contributed by atoms with van der Waals surface area (Å²) in [5.74, 6) is -0.992. The second-order valence-corrected chi connectivity index (χ2v) is 17.4. The SMILES string of the molecule is CCCCC/C=C\C/C=C\C/C=C\C/C=C\C/C=C\CCC(=O)OC[C@H](COC(=O)CCCCCCC/C=C\CCCCCCCC)OC(=O)CCCCCCCCCCCCC. The number of rotatable bonds is 47. The molecule has 0 saturated heterocycles. The van der Waals surface area contributed by atoms with Crippen LogP contribution in [0.2, 0.25) is 0 Å². The molecule has 0 amide bonds. The smallest absolute Gasteiger partial charge is 0.306 e. The van der Waals surface area contributed by atoms with E-state index in [1.807, 2.05) is 6.08 Å². The summed E-state index contributed by atoms with van der Waals surface area (Å²) < 4.78 is 16.7. The van der Waals surface area contributed by atoms with Crippen molar-refractivity contribution in [2.45, 2.75) is 258 Å². The number of unbranched alkanes of at least 4 members (excludes halogenated alkanes) is 24. The van der Waals surface area contributed by atoms with E-state index in [2.05, 4.69) is 87.6 Å². The van der Waals surface area contributed by atoms with Gasteiger partial charge in [0.05, 0.1) is 0 Å². The molecule has 6 heteroatoms. The van der Waals surface area contributed by atoms with Gasteiger partial charge in [-0.05, 0) is 83.5 Å². The quantitative estimate of drug-likeness (QED) is 0.0262. The first-order valence-electron chi connectivity index (χ1n) is 26.4. The molecule has 0 spiro atoms. The van der Waals surface area contributed by atoms with Crippen LogP contribution in [0.3, 0.4) is 0 Å². The van der Waals surface area contributed by atoms with Crippen molar-refractivity contribution >= 4 is 17.9 Å². The van der Waals surface area contributed by atoms with Crippen LogP contribution in [0, 0.1) is 0 Å².